The number of aliphatic hydroxyl groups excluding tert-OH is 1. The lowest BCUT2D eigenvalue weighted by molar-refractivity contribution is -0.216. The summed E-state index contributed by atoms with van der Waals surface area (Å²) in [6, 6.07) is -0.502. The van der Waals surface area contributed by atoms with Crippen LogP contribution in [0.3, 0.4) is 0 Å². The monoisotopic (exact) mass is 713 g/mol. The lowest BCUT2D eigenvalue weighted by atomic mass is 9.34. The molecule has 1 aromatic rings. The number of amides is 1. The van der Waals surface area contributed by atoms with E-state index >= 15 is 0 Å². The van der Waals surface area contributed by atoms with Crippen LogP contribution in [0.2, 0.25) is 0 Å². The number of nitrogens with zero attached hydrogens (tertiary/aromatic N) is 3. The third kappa shape index (κ3) is 5.69. The van der Waals surface area contributed by atoms with E-state index in [4.69, 9.17) is 21.9 Å². The summed E-state index contributed by atoms with van der Waals surface area (Å²) in [4.78, 5) is 27.3. The zero-order chi connectivity index (χ0) is 38.4. The van der Waals surface area contributed by atoms with E-state index in [0.717, 1.165) is 25.7 Å². The summed E-state index contributed by atoms with van der Waals surface area (Å²) in [6.45, 7) is 26.2. The number of primary amides is 1. The first-order valence-electron chi connectivity index (χ1n) is 19.4. The summed E-state index contributed by atoms with van der Waals surface area (Å²) in [6.07, 6.45) is 5.76. The van der Waals surface area contributed by atoms with Crippen molar-refractivity contribution in [1.82, 2.24) is 15.0 Å². The number of fused-ring (bicyclic) bond motifs is 5. The maximum absolute atomic E-state index is 13.5. The highest BCUT2D eigenvalue weighted by atomic mass is 16.5. The molecule has 3 saturated carbocycles. The van der Waals surface area contributed by atoms with E-state index in [-0.39, 0.29) is 46.0 Å². The third-order valence-electron chi connectivity index (χ3n) is 16.2. The number of nitrogens with two attached hydrogens (primary N) is 3. The summed E-state index contributed by atoms with van der Waals surface area (Å²) in [7, 11) is 0. The molecule has 0 spiro atoms. The number of carbonyl (C=O) groups is 2. The fraction of sp³-hybridized carbons (Fsp3) is 0.850. The maximum Gasteiger partial charge on any atom is 0.307 e. The van der Waals surface area contributed by atoms with Gasteiger partial charge in [-0.05, 0) is 104 Å². The van der Waals surface area contributed by atoms with Crippen LogP contribution in [-0.4, -0.2) is 61.4 Å². The number of ether oxygens (including phenoxy) is 1. The fourth-order valence-electron chi connectivity index (χ4n) is 12.1. The van der Waals surface area contributed by atoms with Gasteiger partial charge >= 0.3 is 5.97 Å². The number of nitrogen functional groups attached to an aromatic ring is 1. The van der Waals surface area contributed by atoms with Crippen molar-refractivity contribution in [3.63, 3.8) is 0 Å². The SMILES string of the molecule is CC(C)[C@@H](C)[C@@]1(C)CC[C@]2(C)[C@H]3CC[C@H]4C(C)(C)[C@@H](OC[C@](C)(N)C(C)C)C(n5nc(N)c(C(N)=O)n5)C[C@]4([C@H](C)O)C3=CC[C@@]2(C)[C@@H]1C(=O)O. The van der Waals surface area contributed by atoms with Gasteiger partial charge in [-0.2, -0.15) is 4.80 Å². The molecule has 0 bridgehead atoms. The number of carbonyl (C=O) groups excluding carboxylic acids is 1. The van der Waals surface area contributed by atoms with Gasteiger partial charge < -0.3 is 32.2 Å². The van der Waals surface area contributed by atoms with Gasteiger partial charge in [0.15, 0.2) is 11.5 Å². The van der Waals surface area contributed by atoms with Crippen LogP contribution in [0.5, 0.6) is 0 Å². The normalized spacial score (nSPS) is 40.0. The molecule has 1 amide bonds. The second-order valence-corrected chi connectivity index (χ2v) is 19.5. The van der Waals surface area contributed by atoms with E-state index in [1.165, 1.54) is 10.4 Å². The van der Waals surface area contributed by atoms with Crippen LogP contribution in [0.1, 0.15) is 138 Å². The number of anilines is 1. The average Bonchev–Trinajstić information content (AvgIpc) is 3.41. The van der Waals surface area contributed by atoms with Crippen LogP contribution in [-0.2, 0) is 9.53 Å². The van der Waals surface area contributed by atoms with Crippen LogP contribution in [0.4, 0.5) is 5.82 Å². The van der Waals surface area contributed by atoms with E-state index < -0.39 is 57.8 Å². The van der Waals surface area contributed by atoms with E-state index in [1.54, 1.807) is 0 Å². The van der Waals surface area contributed by atoms with Crippen molar-refractivity contribution in [3.8, 4) is 0 Å². The molecule has 1 unspecified atom stereocenters. The minimum atomic E-state index is -0.757. The maximum atomic E-state index is 13.5. The van der Waals surface area contributed by atoms with Gasteiger partial charge in [-0.25, -0.2) is 0 Å². The molecule has 5 rings (SSSR count). The molecule has 8 N–H and O–H groups in total. The molecule has 0 aromatic carbocycles. The molecular formula is C40H68N6O5. The average molecular weight is 713 g/mol. The van der Waals surface area contributed by atoms with Crippen LogP contribution in [0.25, 0.3) is 0 Å². The van der Waals surface area contributed by atoms with E-state index in [9.17, 15) is 19.8 Å². The highest BCUT2D eigenvalue weighted by Gasteiger charge is 2.71. The number of hydrogen-bond acceptors (Lipinski definition) is 8. The van der Waals surface area contributed by atoms with Crippen molar-refractivity contribution < 1.29 is 24.5 Å². The Balaban J connectivity index is 1.68. The van der Waals surface area contributed by atoms with Gasteiger partial charge in [0.1, 0.15) is 0 Å². The molecule has 4 aliphatic rings. The zero-order valence-electron chi connectivity index (χ0n) is 33.4. The second-order valence-electron chi connectivity index (χ2n) is 19.5. The first kappa shape index (κ1) is 39.7. The van der Waals surface area contributed by atoms with Gasteiger partial charge in [0, 0.05) is 11.0 Å². The topological polar surface area (TPSA) is 193 Å². The quantitative estimate of drug-likeness (QED) is 0.175. The van der Waals surface area contributed by atoms with Gasteiger partial charge in [0.2, 0.25) is 0 Å². The Morgan fingerprint density at radius 3 is 2.18 bits per heavy atom. The van der Waals surface area contributed by atoms with Crippen LogP contribution in [0.15, 0.2) is 11.6 Å². The van der Waals surface area contributed by atoms with E-state index in [2.05, 4.69) is 85.5 Å². The van der Waals surface area contributed by atoms with Gasteiger partial charge in [-0.1, -0.05) is 80.9 Å². The van der Waals surface area contributed by atoms with Crippen LogP contribution >= 0.6 is 0 Å². The smallest absolute Gasteiger partial charge is 0.307 e. The van der Waals surface area contributed by atoms with Gasteiger partial charge in [-0.3, -0.25) is 9.59 Å². The zero-order valence-corrected chi connectivity index (χ0v) is 33.4. The van der Waals surface area contributed by atoms with Gasteiger partial charge in [-0.15, -0.1) is 10.2 Å². The first-order valence-corrected chi connectivity index (χ1v) is 19.4. The molecule has 4 aliphatic carbocycles. The fourth-order valence-corrected chi connectivity index (χ4v) is 12.1. The second kappa shape index (κ2) is 12.8. The van der Waals surface area contributed by atoms with Crippen molar-refractivity contribution in [2.75, 3.05) is 12.3 Å². The van der Waals surface area contributed by atoms with Crippen LogP contribution in [0, 0.1) is 62.6 Å². The summed E-state index contributed by atoms with van der Waals surface area (Å²) in [5, 5.41) is 32.4. The highest BCUT2D eigenvalue weighted by molar-refractivity contribution is 5.94. The molecule has 1 heterocycles. The van der Waals surface area contributed by atoms with Gasteiger partial charge in [0.25, 0.3) is 5.91 Å². The van der Waals surface area contributed by atoms with Gasteiger partial charge in [0.05, 0.1) is 30.8 Å². The lowest BCUT2D eigenvalue weighted by Crippen LogP contribution is -2.67. The highest BCUT2D eigenvalue weighted by Crippen LogP contribution is 2.75. The van der Waals surface area contributed by atoms with Crippen molar-refractivity contribution in [3.05, 3.63) is 17.3 Å². The lowest BCUT2D eigenvalue weighted by Gasteiger charge is -2.70. The molecule has 0 saturated heterocycles. The van der Waals surface area contributed by atoms with Crippen molar-refractivity contribution in [1.29, 1.82) is 0 Å². The standard InChI is InChI=1S/C40H68N6O5/c1-21(2)23(5)36(9)17-18-37(10)25-13-14-28-35(7,8)31(51-20-39(12,43)22(3)4)27(46-44-29(33(42)48)32(41)45-46)19-40(28,24(6)47)26(25)15-16-38(37,11)30(36)34(49)50/h15,21-25,27-28,30-31,47H,13-14,16-20,43H2,1-12H3,(H2,41,45)(H2,42,48)(H,49,50)/t23-,24+,25+,27?,28+,30-,31+,36-,37-,38+,39+,40+/m1/s1. The Labute approximate surface area is 305 Å². The summed E-state index contributed by atoms with van der Waals surface area (Å²) in [5.74, 6) is -1.13. The van der Waals surface area contributed by atoms with Crippen molar-refractivity contribution in [2.45, 2.75) is 145 Å². The molecule has 11 nitrogen and oxygen atoms in total. The largest absolute Gasteiger partial charge is 0.481 e. The Morgan fingerprint density at radius 2 is 1.67 bits per heavy atom. The number of aliphatic carboxylic acids is 1. The molecule has 12 atom stereocenters. The first-order chi connectivity index (χ1) is 23.3. The molecule has 51 heavy (non-hydrogen) atoms. The van der Waals surface area contributed by atoms with E-state index in [1.807, 2.05) is 13.8 Å². The summed E-state index contributed by atoms with van der Waals surface area (Å²) >= 11 is 0. The van der Waals surface area contributed by atoms with Crippen LogP contribution < -0.4 is 17.2 Å². The Bertz CT molecular complexity index is 1550. The Kier molecular flexibility index (Phi) is 9.98. The predicted octanol–water partition coefficient (Wildman–Crippen LogP) is 6.22. The number of hydrogen-bond donors (Lipinski definition) is 5. The predicted molar refractivity (Wildman–Crippen MR) is 199 cm³/mol. The van der Waals surface area contributed by atoms with E-state index in [0.29, 0.717) is 25.4 Å². The third-order valence-corrected chi connectivity index (χ3v) is 16.2. The molecule has 1 aromatic heterocycles. The molecular weight excluding hydrogens is 644 g/mol. The Morgan fingerprint density at radius 1 is 1.04 bits per heavy atom. The summed E-state index contributed by atoms with van der Waals surface area (Å²) in [5.41, 5.74) is 16.8. The van der Waals surface area contributed by atoms with Crippen molar-refractivity contribution >= 4 is 17.7 Å². The number of carboxylic acid groups (broad SMARTS) is 1. The van der Waals surface area contributed by atoms with Crippen molar-refractivity contribution in [2.24, 2.45) is 74.0 Å². The molecule has 3 fully saturated rings. The number of carboxylic acids is 1. The molecule has 0 radical (unpaired) electrons. The minimum absolute atomic E-state index is 0.0263. The Hall–Kier alpha value is -2.50. The molecule has 11 heteroatoms. The number of allylic oxidation sites excluding steroid dienone is 1. The number of aliphatic hydroxyl groups is 1. The minimum Gasteiger partial charge on any atom is -0.481 e. The number of rotatable bonds is 10. The molecule has 288 valence electrons. The number of aromatic nitrogens is 3. The molecule has 0 aliphatic heterocycles. The summed E-state index contributed by atoms with van der Waals surface area (Å²) < 4.78 is 6.89.